The molecule has 0 saturated carbocycles. The number of thioether (sulfide) groups is 1. The predicted octanol–water partition coefficient (Wildman–Crippen LogP) is 4.48. The summed E-state index contributed by atoms with van der Waals surface area (Å²) in [5.74, 6) is 0.200. The minimum atomic E-state index is -0.0567. The SMILES string of the molecule is O=C(CSc1nncn1-c1cccc(Cl)c1)NCc1ccc2ccccc2c1. The Balaban J connectivity index is 1.35. The molecule has 0 aliphatic heterocycles. The number of halogens is 1. The number of benzene rings is 3. The molecule has 5 nitrogen and oxygen atoms in total. The van der Waals surface area contributed by atoms with Crippen LogP contribution in [0.25, 0.3) is 16.5 Å². The highest BCUT2D eigenvalue weighted by molar-refractivity contribution is 7.99. The molecular weight excluding hydrogens is 392 g/mol. The van der Waals surface area contributed by atoms with Crippen LogP contribution in [-0.2, 0) is 11.3 Å². The Bertz CT molecular complexity index is 1130. The van der Waals surface area contributed by atoms with Crippen molar-refractivity contribution < 1.29 is 4.79 Å². The number of carbonyl (C=O) groups excluding carboxylic acids is 1. The summed E-state index contributed by atoms with van der Waals surface area (Å²) in [7, 11) is 0. The summed E-state index contributed by atoms with van der Waals surface area (Å²) in [4.78, 5) is 12.3. The highest BCUT2D eigenvalue weighted by atomic mass is 35.5. The lowest BCUT2D eigenvalue weighted by atomic mass is 10.1. The molecule has 4 rings (SSSR count). The molecule has 0 saturated heterocycles. The standard InChI is InChI=1S/C21H17ClN4OS/c22-18-6-3-7-19(11-18)26-14-24-25-21(26)28-13-20(27)23-12-15-8-9-16-4-1-2-5-17(16)10-15/h1-11,14H,12-13H2,(H,23,27). The van der Waals surface area contributed by atoms with Gasteiger partial charge in [0.1, 0.15) is 6.33 Å². The van der Waals surface area contributed by atoms with Crippen LogP contribution in [0.2, 0.25) is 5.02 Å². The summed E-state index contributed by atoms with van der Waals surface area (Å²) in [5, 5.41) is 14.6. The Morgan fingerprint density at radius 1 is 1.04 bits per heavy atom. The topological polar surface area (TPSA) is 59.8 Å². The van der Waals surface area contributed by atoms with Crippen molar-refractivity contribution in [1.29, 1.82) is 0 Å². The van der Waals surface area contributed by atoms with Crippen molar-refractivity contribution in [3.63, 3.8) is 0 Å². The number of hydrogen-bond acceptors (Lipinski definition) is 4. The number of amides is 1. The van der Waals surface area contributed by atoms with Crippen molar-refractivity contribution in [2.24, 2.45) is 0 Å². The second-order valence-electron chi connectivity index (χ2n) is 6.21. The van der Waals surface area contributed by atoms with Gasteiger partial charge in [-0.3, -0.25) is 9.36 Å². The monoisotopic (exact) mass is 408 g/mol. The molecule has 4 aromatic rings. The molecule has 0 aliphatic rings. The van der Waals surface area contributed by atoms with Crippen molar-refractivity contribution in [2.45, 2.75) is 11.7 Å². The van der Waals surface area contributed by atoms with E-state index in [4.69, 9.17) is 11.6 Å². The quantitative estimate of drug-likeness (QED) is 0.478. The van der Waals surface area contributed by atoms with E-state index in [1.165, 1.54) is 22.5 Å². The van der Waals surface area contributed by atoms with Crippen LogP contribution in [0.15, 0.2) is 78.2 Å². The minimum Gasteiger partial charge on any atom is -0.351 e. The lowest BCUT2D eigenvalue weighted by Crippen LogP contribution is -2.24. The fourth-order valence-electron chi connectivity index (χ4n) is 2.86. The van der Waals surface area contributed by atoms with Crippen LogP contribution in [0.3, 0.4) is 0 Å². The molecule has 0 unspecified atom stereocenters. The molecule has 3 aromatic carbocycles. The molecule has 0 spiro atoms. The number of nitrogens with zero attached hydrogens (tertiary/aromatic N) is 3. The third kappa shape index (κ3) is 4.35. The zero-order valence-corrected chi connectivity index (χ0v) is 16.5. The van der Waals surface area contributed by atoms with Gasteiger partial charge in [-0.25, -0.2) is 0 Å². The molecule has 0 radical (unpaired) electrons. The number of fused-ring (bicyclic) bond motifs is 1. The summed E-state index contributed by atoms with van der Waals surface area (Å²) in [6, 6.07) is 21.8. The molecule has 1 amide bonds. The van der Waals surface area contributed by atoms with Crippen LogP contribution in [0.4, 0.5) is 0 Å². The first-order valence-electron chi connectivity index (χ1n) is 8.72. The van der Waals surface area contributed by atoms with Gasteiger partial charge in [-0.2, -0.15) is 0 Å². The van der Waals surface area contributed by atoms with Crippen LogP contribution in [0, 0.1) is 0 Å². The third-order valence-electron chi connectivity index (χ3n) is 4.24. The number of rotatable bonds is 6. The summed E-state index contributed by atoms with van der Waals surface area (Å²) in [5.41, 5.74) is 1.93. The van der Waals surface area contributed by atoms with Crippen LogP contribution in [0.5, 0.6) is 0 Å². The van der Waals surface area contributed by atoms with Gasteiger partial charge in [0.25, 0.3) is 0 Å². The average Bonchev–Trinajstić information content (AvgIpc) is 3.19. The van der Waals surface area contributed by atoms with Gasteiger partial charge in [0.2, 0.25) is 5.91 Å². The Morgan fingerprint density at radius 2 is 1.89 bits per heavy atom. The van der Waals surface area contributed by atoms with Crippen molar-refractivity contribution in [3.8, 4) is 5.69 Å². The van der Waals surface area contributed by atoms with E-state index in [2.05, 4.69) is 39.8 Å². The summed E-state index contributed by atoms with van der Waals surface area (Å²) < 4.78 is 1.81. The third-order valence-corrected chi connectivity index (χ3v) is 5.42. The normalized spacial score (nSPS) is 10.9. The summed E-state index contributed by atoms with van der Waals surface area (Å²) in [6.45, 7) is 0.491. The van der Waals surface area contributed by atoms with E-state index in [-0.39, 0.29) is 11.7 Å². The lowest BCUT2D eigenvalue weighted by Gasteiger charge is -2.08. The first kappa shape index (κ1) is 18.5. The second kappa shape index (κ2) is 8.46. The molecule has 0 aliphatic carbocycles. The van der Waals surface area contributed by atoms with Gasteiger partial charge in [0.05, 0.1) is 11.4 Å². The van der Waals surface area contributed by atoms with Crippen LogP contribution < -0.4 is 5.32 Å². The van der Waals surface area contributed by atoms with Crippen molar-refractivity contribution in [1.82, 2.24) is 20.1 Å². The molecule has 140 valence electrons. The number of aromatic nitrogens is 3. The van der Waals surface area contributed by atoms with Gasteiger partial charge in [-0.1, -0.05) is 65.8 Å². The first-order chi connectivity index (χ1) is 13.7. The maximum absolute atomic E-state index is 12.3. The maximum atomic E-state index is 12.3. The summed E-state index contributed by atoms with van der Waals surface area (Å²) in [6.07, 6.45) is 1.61. The minimum absolute atomic E-state index is 0.0567. The van der Waals surface area contributed by atoms with Gasteiger partial charge in [-0.15, -0.1) is 10.2 Å². The van der Waals surface area contributed by atoms with E-state index in [1.807, 2.05) is 47.0 Å². The van der Waals surface area contributed by atoms with Gasteiger partial charge in [0, 0.05) is 11.6 Å². The van der Waals surface area contributed by atoms with Crippen molar-refractivity contribution in [3.05, 3.63) is 83.6 Å². The Hall–Kier alpha value is -2.83. The van der Waals surface area contributed by atoms with Gasteiger partial charge < -0.3 is 5.32 Å². The van der Waals surface area contributed by atoms with Crippen LogP contribution in [0.1, 0.15) is 5.56 Å². The maximum Gasteiger partial charge on any atom is 0.230 e. The first-order valence-corrected chi connectivity index (χ1v) is 10.1. The molecule has 0 bridgehead atoms. The van der Waals surface area contributed by atoms with E-state index in [9.17, 15) is 4.79 Å². The molecule has 1 heterocycles. The Kier molecular flexibility index (Phi) is 5.60. The van der Waals surface area contributed by atoms with Gasteiger partial charge >= 0.3 is 0 Å². The zero-order valence-electron chi connectivity index (χ0n) is 14.9. The van der Waals surface area contributed by atoms with Crippen molar-refractivity contribution in [2.75, 3.05) is 5.75 Å². The average molecular weight is 409 g/mol. The highest BCUT2D eigenvalue weighted by Gasteiger charge is 2.10. The summed E-state index contributed by atoms with van der Waals surface area (Å²) >= 11 is 7.39. The number of nitrogens with one attached hydrogen (secondary N) is 1. The Labute approximate surface area is 171 Å². The van der Waals surface area contributed by atoms with E-state index < -0.39 is 0 Å². The molecule has 0 atom stereocenters. The second-order valence-corrected chi connectivity index (χ2v) is 7.59. The molecular formula is C21H17ClN4OS. The molecule has 0 fully saturated rings. The van der Waals surface area contributed by atoms with Crippen molar-refractivity contribution >= 4 is 40.0 Å². The molecule has 28 heavy (non-hydrogen) atoms. The number of hydrogen-bond donors (Lipinski definition) is 1. The van der Waals surface area contributed by atoms with Gasteiger partial charge in [-0.05, 0) is 40.6 Å². The molecule has 7 heteroatoms. The van der Waals surface area contributed by atoms with E-state index >= 15 is 0 Å². The molecule has 1 N–H and O–H groups in total. The predicted molar refractivity (Wildman–Crippen MR) is 113 cm³/mol. The fourth-order valence-corrected chi connectivity index (χ4v) is 3.80. The van der Waals surface area contributed by atoms with E-state index in [0.29, 0.717) is 16.7 Å². The fraction of sp³-hybridized carbons (Fsp3) is 0.0952. The van der Waals surface area contributed by atoms with E-state index in [1.54, 1.807) is 6.33 Å². The zero-order chi connectivity index (χ0) is 19.3. The Morgan fingerprint density at radius 3 is 2.75 bits per heavy atom. The number of carbonyl (C=O) groups is 1. The highest BCUT2D eigenvalue weighted by Crippen LogP contribution is 2.21. The van der Waals surface area contributed by atoms with E-state index in [0.717, 1.165) is 11.3 Å². The smallest absolute Gasteiger partial charge is 0.230 e. The van der Waals surface area contributed by atoms with Crippen LogP contribution >= 0.6 is 23.4 Å². The van der Waals surface area contributed by atoms with Crippen LogP contribution in [-0.4, -0.2) is 26.4 Å². The lowest BCUT2D eigenvalue weighted by molar-refractivity contribution is -0.118. The van der Waals surface area contributed by atoms with Gasteiger partial charge in [0.15, 0.2) is 5.16 Å². The largest absolute Gasteiger partial charge is 0.351 e. The molecule has 1 aromatic heterocycles.